The average molecular weight is 271 g/mol. The van der Waals surface area contributed by atoms with Crippen molar-refractivity contribution in [1.29, 1.82) is 0 Å². The predicted molar refractivity (Wildman–Crippen MR) is 72.9 cm³/mol. The quantitative estimate of drug-likeness (QED) is 0.897. The Hall–Kier alpha value is -2.53. The van der Waals surface area contributed by atoms with Gasteiger partial charge in [-0.3, -0.25) is 4.79 Å². The van der Waals surface area contributed by atoms with Gasteiger partial charge >= 0.3 is 0 Å². The van der Waals surface area contributed by atoms with Crippen molar-refractivity contribution in [2.45, 2.75) is 6.61 Å². The van der Waals surface area contributed by atoms with Gasteiger partial charge in [-0.1, -0.05) is 12.1 Å². The summed E-state index contributed by atoms with van der Waals surface area (Å²) >= 11 is 0. The van der Waals surface area contributed by atoms with E-state index in [9.17, 15) is 4.79 Å². The third-order valence-corrected chi connectivity index (χ3v) is 3.03. The molecule has 0 radical (unpaired) electrons. The van der Waals surface area contributed by atoms with Gasteiger partial charge in [0.2, 0.25) is 6.79 Å². The molecule has 0 aromatic heterocycles. The molecule has 0 fully saturated rings. The van der Waals surface area contributed by atoms with Crippen LogP contribution in [0, 0.1) is 0 Å². The predicted octanol–water partition coefficient (Wildman–Crippen LogP) is 2.16. The van der Waals surface area contributed by atoms with E-state index >= 15 is 0 Å². The van der Waals surface area contributed by atoms with E-state index in [1.807, 2.05) is 0 Å². The lowest BCUT2D eigenvalue weighted by Crippen LogP contribution is -2.11. The standard InChI is InChI=1S/C15H13NO4/c17-8-10-1-4-12(5-2-10)16-15(18)11-3-6-13-14(7-11)20-9-19-13/h1-7,17H,8-9H2,(H,16,18). The summed E-state index contributed by atoms with van der Waals surface area (Å²) in [6.45, 7) is 0.166. The van der Waals surface area contributed by atoms with Gasteiger partial charge in [0.15, 0.2) is 11.5 Å². The van der Waals surface area contributed by atoms with E-state index in [0.717, 1.165) is 5.56 Å². The van der Waals surface area contributed by atoms with Gasteiger partial charge in [-0.05, 0) is 35.9 Å². The number of benzene rings is 2. The molecule has 2 aromatic rings. The molecule has 0 unspecified atom stereocenters. The van der Waals surface area contributed by atoms with Gasteiger partial charge in [0, 0.05) is 11.3 Å². The molecule has 102 valence electrons. The average Bonchev–Trinajstić information content (AvgIpc) is 2.95. The maximum absolute atomic E-state index is 12.1. The first kappa shape index (κ1) is 12.5. The lowest BCUT2D eigenvalue weighted by molar-refractivity contribution is 0.102. The molecule has 1 heterocycles. The number of ether oxygens (including phenoxy) is 2. The number of hydrogen-bond donors (Lipinski definition) is 2. The van der Waals surface area contributed by atoms with Crippen molar-refractivity contribution in [3.05, 3.63) is 53.6 Å². The zero-order valence-corrected chi connectivity index (χ0v) is 10.6. The summed E-state index contributed by atoms with van der Waals surface area (Å²) in [5, 5.41) is 11.7. The fourth-order valence-electron chi connectivity index (χ4n) is 1.93. The van der Waals surface area contributed by atoms with Crippen molar-refractivity contribution in [3.63, 3.8) is 0 Å². The van der Waals surface area contributed by atoms with E-state index in [2.05, 4.69) is 5.32 Å². The number of anilines is 1. The first-order valence-corrected chi connectivity index (χ1v) is 6.17. The molecule has 0 aliphatic carbocycles. The number of fused-ring (bicyclic) bond motifs is 1. The second-order valence-corrected chi connectivity index (χ2v) is 4.38. The van der Waals surface area contributed by atoms with Gasteiger partial charge in [-0.2, -0.15) is 0 Å². The third kappa shape index (κ3) is 2.44. The van der Waals surface area contributed by atoms with E-state index in [1.165, 1.54) is 0 Å². The molecule has 5 heteroatoms. The molecule has 2 aromatic carbocycles. The van der Waals surface area contributed by atoms with Crippen molar-refractivity contribution >= 4 is 11.6 Å². The van der Waals surface area contributed by atoms with Gasteiger partial charge in [0.05, 0.1) is 6.61 Å². The van der Waals surface area contributed by atoms with Crippen LogP contribution in [0.4, 0.5) is 5.69 Å². The number of nitrogens with one attached hydrogen (secondary N) is 1. The minimum absolute atomic E-state index is 0.0175. The fourth-order valence-corrected chi connectivity index (χ4v) is 1.93. The maximum atomic E-state index is 12.1. The molecule has 1 amide bonds. The van der Waals surface area contributed by atoms with Crippen LogP contribution in [0.5, 0.6) is 11.5 Å². The Morgan fingerprint density at radius 3 is 2.60 bits per heavy atom. The smallest absolute Gasteiger partial charge is 0.255 e. The number of amides is 1. The Bertz CT molecular complexity index is 637. The number of rotatable bonds is 3. The molecule has 1 aliphatic heterocycles. The van der Waals surface area contributed by atoms with Crippen LogP contribution in [0.15, 0.2) is 42.5 Å². The highest BCUT2D eigenvalue weighted by Gasteiger charge is 2.16. The molecular formula is C15H13NO4. The molecule has 0 saturated heterocycles. The fraction of sp³-hybridized carbons (Fsp3) is 0.133. The van der Waals surface area contributed by atoms with Gasteiger partial charge < -0.3 is 19.9 Å². The highest BCUT2D eigenvalue weighted by atomic mass is 16.7. The molecule has 0 saturated carbocycles. The number of aliphatic hydroxyl groups excluding tert-OH is 1. The van der Waals surface area contributed by atoms with E-state index in [4.69, 9.17) is 14.6 Å². The topological polar surface area (TPSA) is 67.8 Å². The highest BCUT2D eigenvalue weighted by Crippen LogP contribution is 2.32. The van der Waals surface area contributed by atoms with Crippen molar-refractivity contribution in [1.82, 2.24) is 0 Å². The zero-order chi connectivity index (χ0) is 13.9. The normalized spacial score (nSPS) is 12.2. The number of hydrogen-bond acceptors (Lipinski definition) is 4. The molecule has 2 N–H and O–H groups in total. The Morgan fingerprint density at radius 2 is 1.85 bits per heavy atom. The van der Waals surface area contributed by atoms with Crippen LogP contribution in [0.25, 0.3) is 0 Å². The lowest BCUT2D eigenvalue weighted by atomic mass is 10.1. The maximum Gasteiger partial charge on any atom is 0.255 e. The van der Waals surface area contributed by atoms with Gasteiger partial charge in [-0.15, -0.1) is 0 Å². The van der Waals surface area contributed by atoms with Crippen LogP contribution in [-0.4, -0.2) is 17.8 Å². The number of carbonyl (C=O) groups excluding carboxylic acids is 1. The van der Waals surface area contributed by atoms with Crippen molar-refractivity contribution in [3.8, 4) is 11.5 Å². The molecular weight excluding hydrogens is 258 g/mol. The van der Waals surface area contributed by atoms with Gasteiger partial charge in [-0.25, -0.2) is 0 Å². The summed E-state index contributed by atoms with van der Waals surface area (Å²) in [4.78, 5) is 12.1. The van der Waals surface area contributed by atoms with Crippen LogP contribution in [0.2, 0.25) is 0 Å². The van der Waals surface area contributed by atoms with Gasteiger partial charge in [0.25, 0.3) is 5.91 Å². The minimum atomic E-state index is -0.222. The number of carbonyl (C=O) groups is 1. The molecule has 3 rings (SSSR count). The molecule has 1 aliphatic rings. The van der Waals surface area contributed by atoms with E-state index in [-0.39, 0.29) is 19.3 Å². The molecule has 0 spiro atoms. The second kappa shape index (κ2) is 5.22. The molecule has 0 atom stereocenters. The third-order valence-electron chi connectivity index (χ3n) is 3.03. The Morgan fingerprint density at radius 1 is 1.10 bits per heavy atom. The molecule has 20 heavy (non-hydrogen) atoms. The number of aliphatic hydroxyl groups is 1. The van der Waals surface area contributed by atoms with E-state index in [0.29, 0.717) is 22.7 Å². The summed E-state index contributed by atoms with van der Waals surface area (Å²) in [7, 11) is 0. The monoisotopic (exact) mass is 271 g/mol. The van der Waals surface area contributed by atoms with Crippen molar-refractivity contribution in [2.75, 3.05) is 12.1 Å². The van der Waals surface area contributed by atoms with Crippen LogP contribution in [0.3, 0.4) is 0 Å². The second-order valence-electron chi connectivity index (χ2n) is 4.38. The SMILES string of the molecule is O=C(Nc1ccc(CO)cc1)c1ccc2c(c1)OCO2. The van der Waals surface area contributed by atoms with Crippen LogP contribution < -0.4 is 14.8 Å². The van der Waals surface area contributed by atoms with E-state index < -0.39 is 0 Å². The van der Waals surface area contributed by atoms with Crippen LogP contribution >= 0.6 is 0 Å². The summed E-state index contributed by atoms with van der Waals surface area (Å²) < 4.78 is 10.4. The lowest BCUT2D eigenvalue weighted by Gasteiger charge is -2.06. The zero-order valence-electron chi connectivity index (χ0n) is 10.6. The summed E-state index contributed by atoms with van der Waals surface area (Å²) in [5.41, 5.74) is 1.97. The minimum Gasteiger partial charge on any atom is -0.454 e. The molecule has 0 bridgehead atoms. The summed E-state index contributed by atoms with van der Waals surface area (Å²) in [6, 6.07) is 12.1. The largest absolute Gasteiger partial charge is 0.454 e. The van der Waals surface area contributed by atoms with Gasteiger partial charge in [0.1, 0.15) is 0 Å². The summed E-state index contributed by atoms with van der Waals surface area (Å²) in [6.07, 6.45) is 0. The Balaban J connectivity index is 1.75. The summed E-state index contributed by atoms with van der Waals surface area (Å²) in [5.74, 6) is 1.00. The Kier molecular flexibility index (Phi) is 3.26. The first-order chi connectivity index (χ1) is 9.76. The van der Waals surface area contributed by atoms with E-state index in [1.54, 1.807) is 42.5 Å². The molecule has 5 nitrogen and oxygen atoms in total. The highest BCUT2D eigenvalue weighted by molar-refractivity contribution is 6.04. The Labute approximate surface area is 115 Å². The van der Waals surface area contributed by atoms with Crippen molar-refractivity contribution < 1.29 is 19.4 Å². The van der Waals surface area contributed by atoms with Crippen LogP contribution in [-0.2, 0) is 6.61 Å². The first-order valence-electron chi connectivity index (χ1n) is 6.17. The van der Waals surface area contributed by atoms with Crippen LogP contribution in [0.1, 0.15) is 15.9 Å². The van der Waals surface area contributed by atoms with Crippen molar-refractivity contribution in [2.24, 2.45) is 0 Å².